The van der Waals surface area contributed by atoms with Gasteiger partial charge in [-0.15, -0.1) is 0 Å². The molecule has 1 aliphatic heterocycles. The summed E-state index contributed by atoms with van der Waals surface area (Å²) in [5.41, 5.74) is 9.91. The average Bonchev–Trinajstić information content (AvgIpc) is 2.15. The highest BCUT2D eigenvalue weighted by atomic mass is 15.2. The van der Waals surface area contributed by atoms with Gasteiger partial charge in [-0.2, -0.15) is 0 Å². The fraction of sp³-hybridized carbons (Fsp3) is 0.600. The summed E-state index contributed by atoms with van der Waals surface area (Å²) in [4.78, 5) is 2.51. The maximum absolute atomic E-state index is 5.93. The van der Waals surface area contributed by atoms with E-state index >= 15 is 0 Å². The molecule has 1 aromatic rings. The van der Waals surface area contributed by atoms with Crippen LogP contribution in [0.25, 0.3) is 0 Å². The quantitative estimate of drug-likeness (QED) is 0.794. The molecule has 0 amide bonds. The van der Waals surface area contributed by atoms with Crippen LogP contribution in [0.15, 0.2) is 18.2 Å². The summed E-state index contributed by atoms with van der Waals surface area (Å²) in [6.07, 6.45) is 0. The maximum atomic E-state index is 5.93. The number of anilines is 1. The monoisotopic (exact) mass is 232 g/mol. The zero-order valence-corrected chi connectivity index (χ0v) is 11.5. The van der Waals surface area contributed by atoms with Crippen LogP contribution in [-0.2, 0) is 6.54 Å². The highest BCUT2D eigenvalue weighted by Gasteiger charge is 2.35. The van der Waals surface area contributed by atoms with Crippen molar-refractivity contribution in [3.05, 3.63) is 29.3 Å². The van der Waals surface area contributed by atoms with Crippen molar-refractivity contribution in [1.29, 1.82) is 0 Å². The summed E-state index contributed by atoms with van der Waals surface area (Å²) in [6, 6.07) is 6.22. The summed E-state index contributed by atoms with van der Waals surface area (Å²) in [5.74, 6) is 0.837. The molecule has 0 saturated carbocycles. The van der Waals surface area contributed by atoms with Crippen LogP contribution in [0.4, 0.5) is 5.69 Å². The van der Waals surface area contributed by atoms with E-state index in [0.29, 0.717) is 5.41 Å². The van der Waals surface area contributed by atoms with Crippen molar-refractivity contribution in [1.82, 2.24) is 4.90 Å². The molecule has 1 saturated heterocycles. The highest BCUT2D eigenvalue weighted by Crippen LogP contribution is 2.34. The number of rotatable bonds is 2. The smallest absolute Gasteiger partial charge is 0.0346 e. The molecule has 2 rings (SSSR count). The van der Waals surface area contributed by atoms with Gasteiger partial charge in [-0.1, -0.05) is 32.9 Å². The third-order valence-electron chi connectivity index (χ3n) is 4.06. The van der Waals surface area contributed by atoms with Gasteiger partial charge in [-0.05, 0) is 35.4 Å². The number of nitrogens with two attached hydrogens (primary N) is 1. The Morgan fingerprint density at radius 2 is 1.94 bits per heavy atom. The van der Waals surface area contributed by atoms with E-state index in [-0.39, 0.29) is 0 Å². The fourth-order valence-electron chi connectivity index (χ4n) is 2.36. The zero-order valence-electron chi connectivity index (χ0n) is 11.5. The number of likely N-dealkylation sites (tertiary alicyclic amines) is 1. The number of hydrogen-bond acceptors (Lipinski definition) is 2. The Morgan fingerprint density at radius 3 is 2.53 bits per heavy atom. The van der Waals surface area contributed by atoms with Crippen LogP contribution in [0.3, 0.4) is 0 Å². The van der Waals surface area contributed by atoms with E-state index in [1.54, 1.807) is 0 Å². The largest absolute Gasteiger partial charge is 0.399 e. The summed E-state index contributed by atoms with van der Waals surface area (Å²) in [5, 5.41) is 0. The number of nitrogen functional groups attached to an aromatic ring is 1. The van der Waals surface area contributed by atoms with Crippen molar-refractivity contribution in [2.45, 2.75) is 34.2 Å². The summed E-state index contributed by atoms with van der Waals surface area (Å²) in [7, 11) is 0. The first-order valence-corrected chi connectivity index (χ1v) is 6.44. The Labute approximate surface area is 105 Å². The number of hydrogen-bond donors (Lipinski definition) is 1. The molecule has 0 aromatic heterocycles. The van der Waals surface area contributed by atoms with E-state index in [4.69, 9.17) is 5.73 Å². The van der Waals surface area contributed by atoms with E-state index in [9.17, 15) is 0 Å². The van der Waals surface area contributed by atoms with Crippen LogP contribution < -0.4 is 5.73 Å². The van der Waals surface area contributed by atoms with E-state index in [0.717, 1.165) is 18.2 Å². The molecular weight excluding hydrogens is 208 g/mol. The van der Waals surface area contributed by atoms with Crippen molar-refractivity contribution in [2.24, 2.45) is 11.3 Å². The molecule has 0 radical (unpaired) electrons. The Balaban J connectivity index is 1.94. The molecule has 0 bridgehead atoms. The first kappa shape index (κ1) is 12.4. The van der Waals surface area contributed by atoms with Crippen molar-refractivity contribution in [3.63, 3.8) is 0 Å². The molecule has 0 unspecified atom stereocenters. The molecule has 2 heteroatoms. The van der Waals surface area contributed by atoms with Gasteiger partial charge in [0.2, 0.25) is 0 Å². The second-order valence-electron chi connectivity index (χ2n) is 6.39. The lowest BCUT2D eigenvalue weighted by atomic mass is 9.76. The first-order valence-electron chi connectivity index (χ1n) is 6.44. The molecule has 2 N–H and O–H groups in total. The summed E-state index contributed by atoms with van der Waals surface area (Å²) in [6.45, 7) is 12.6. The predicted molar refractivity (Wildman–Crippen MR) is 73.8 cm³/mol. The van der Waals surface area contributed by atoms with Gasteiger partial charge in [-0.25, -0.2) is 0 Å². The Hall–Kier alpha value is -1.02. The lowest BCUT2D eigenvalue weighted by molar-refractivity contribution is 0.0188. The minimum absolute atomic E-state index is 0.446. The summed E-state index contributed by atoms with van der Waals surface area (Å²) < 4.78 is 0. The Bertz CT molecular complexity index is 398. The lowest BCUT2D eigenvalue weighted by Gasteiger charge is -2.46. The summed E-state index contributed by atoms with van der Waals surface area (Å²) >= 11 is 0. The van der Waals surface area contributed by atoms with E-state index in [1.807, 2.05) is 6.07 Å². The van der Waals surface area contributed by atoms with Crippen LogP contribution in [0, 0.1) is 18.3 Å². The Kier molecular flexibility index (Phi) is 3.17. The lowest BCUT2D eigenvalue weighted by Crippen LogP contribution is -2.51. The molecule has 1 heterocycles. The number of nitrogens with zero attached hydrogens (tertiary/aromatic N) is 1. The molecule has 1 aliphatic rings. The van der Waals surface area contributed by atoms with E-state index < -0.39 is 0 Å². The van der Waals surface area contributed by atoms with Crippen molar-refractivity contribution in [3.8, 4) is 0 Å². The molecular formula is C15H24N2. The fourth-order valence-corrected chi connectivity index (χ4v) is 2.36. The van der Waals surface area contributed by atoms with Gasteiger partial charge in [-0.3, -0.25) is 4.90 Å². The van der Waals surface area contributed by atoms with Gasteiger partial charge in [0.1, 0.15) is 0 Å². The van der Waals surface area contributed by atoms with Gasteiger partial charge >= 0.3 is 0 Å². The molecule has 0 spiro atoms. The standard InChI is InChI=1S/C15H24N2/c1-11-12(6-5-7-14(11)16)8-17-9-13(10-17)15(2,3)4/h5-7,13H,8-10,16H2,1-4H3. The molecule has 17 heavy (non-hydrogen) atoms. The van der Waals surface area contributed by atoms with Crippen LogP contribution in [0.1, 0.15) is 31.9 Å². The van der Waals surface area contributed by atoms with Crippen LogP contribution in [-0.4, -0.2) is 18.0 Å². The molecule has 1 fully saturated rings. The van der Waals surface area contributed by atoms with Crippen LogP contribution in [0.5, 0.6) is 0 Å². The Morgan fingerprint density at radius 1 is 1.29 bits per heavy atom. The van der Waals surface area contributed by atoms with Gasteiger partial charge < -0.3 is 5.73 Å². The maximum Gasteiger partial charge on any atom is 0.0346 e. The molecule has 94 valence electrons. The molecule has 1 aromatic carbocycles. The minimum Gasteiger partial charge on any atom is -0.399 e. The van der Waals surface area contributed by atoms with Crippen molar-refractivity contribution < 1.29 is 0 Å². The highest BCUT2D eigenvalue weighted by molar-refractivity contribution is 5.49. The third-order valence-corrected chi connectivity index (χ3v) is 4.06. The zero-order chi connectivity index (χ0) is 12.6. The third kappa shape index (κ3) is 2.63. The molecule has 0 atom stereocenters. The average molecular weight is 232 g/mol. The predicted octanol–water partition coefficient (Wildman–Crippen LogP) is 3.06. The van der Waals surface area contributed by atoms with Crippen molar-refractivity contribution in [2.75, 3.05) is 18.8 Å². The van der Waals surface area contributed by atoms with Gasteiger partial charge in [0.05, 0.1) is 0 Å². The topological polar surface area (TPSA) is 29.3 Å². The van der Waals surface area contributed by atoms with Crippen LogP contribution in [0.2, 0.25) is 0 Å². The van der Waals surface area contributed by atoms with E-state index in [1.165, 1.54) is 24.2 Å². The number of benzene rings is 1. The van der Waals surface area contributed by atoms with E-state index in [2.05, 4.69) is 44.7 Å². The molecule has 0 aliphatic carbocycles. The van der Waals surface area contributed by atoms with Crippen molar-refractivity contribution >= 4 is 5.69 Å². The molecule has 2 nitrogen and oxygen atoms in total. The minimum atomic E-state index is 0.446. The van der Waals surface area contributed by atoms with Gasteiger partial charge in [0, 0.05) is 25.3 Å². The first-order chi connectivity index (χ1) is 7.88. The van der Waals surface area contributed by atoms with Gasteiger partial charge in [0.25, 0.3) is 0 Å². The normalized spacial score (nSPS) is 18.1. The second-order valence-corrected chi connectivity index (χ2v) is 6.39. The van der Waals surface area contributed by atoms with Crippen LogP contribution >= 0.6 is 0 Å². The SMILES string of the molecule is Cc1c(N)cccc1CN1CC(C(C)(C)C)C1. The second kappa shape index (κ2) is 4.34. The van der Waals surface area contributed by atoms with Gasteiger partial charge in [0.15, 0.2) is 0 Å².